The van der Waals surface area contributed by atoms with E-state index in [4.69, 9.17) is 5.26 Å². The number of hydrogen-bond acceptors (Lipinski definition) is 2. The number of rotatable bonds is 1. The van der Waals surface area contributed by atoms with Crippen molar-refractivity contribution in [2.75, 3.05) is 0 Å². The molecular weight excluding hydrogens is 184 g/mol. The average Bonchev–Trinajstić information content (AvgIpc) is 2.30. The maximum atomic E-state index is 8.99. The lowest BCUT2D eigenvalue weighted by molar-refractivity contribution is 1.30. The molecule has 0 unspecified atom stereocenters. The lowest BCUT2D eigenvalue weighted by atomic mass is 9.99. The Morgan fingerprint density at radius 3 is 2.67 bits per heavy atom. The third kappa shape index (κ3) is 1.72. The predicted octanol–water partition coefficient (Wildman–Crippen LogP) is 2.93. The molecule has 72 valence electrons. The van der Waals surface area contributed by atoms with Crippen LogP contribution in [0.15, 0.2) is 42.7 Å². The average molecular weight is 194 g/mol. The Hall–Kier alpha value is -2.14. The van der Waals surface area contributed by atoms with Gasteiger partial charge in [0.05, 0.1) is 11.6 Å². The van der Waals surface area contributed by atoms with Gasteiger partial charge in [0, 0.05) is 18.0 Å². The maximum absolute atomic E-state index is 8.99. The van der Waals surface area contributed by atoms with Crippen LogP contribution < -0.4 is 0 Å². The highest BCUT2D eigenvalue weighted by atomic mass is 14.6. The smallest absolute Gasteiger partial charge is 0.0999 e. The molecule has 0 spiro atoms. The fraction of sp³-hybridized carbons (Fsp3) is 0.0769. The monoisotopic (exact) mass is 194 g/mol. The first kappa shape index (κ1) is 9.42. The van der Waals surface area contributed by atoms with Crippen LogP contribution in [0.1, 0.15) is 11.1 Å². The van der Waals surface area contributed by atoms with Gasteiger partial charge < -0.3 is 0 Å². The van der Waals surface area contributed by atoms with Crippen molar-refractivity contribution < 1.29 is 0 Å². The summed E-state index contributed by atoms with van der Waals surface area (Å²) in [5.74, 6) is 0. The predicted molar refractivity (Wildman–Crippen MR) is 59.1 cm³/mol. The molecular formula is C13H10N2. The molecule has 0 atom stereocenters. The minimum absolute atomic E-state index is 0.666. The Labute approximate surface area is 88.8 Å². The molecule has 2 heteroatoms. The molecule has 2 nitrogen and oxygen atoms in total. The van der Waals surface area contributed by atoms with Crippen molar-refractivity contribution in [1.29, 1.82) is 5.26 Å². The van der Waals surface area contributed by atoms with Gasteiger partial charge in [-0.05, 0) is 24.1 Å². The summed E-state index contributed by atoms with van der Waals surface area (Å²) < 4.78 is 0. The fourth-order valence-electron chi connectivity index (χ4n) is 1.58. The van der Waals surface area contributed by atoms with Crippen molar-refractivity contribution in [2.24, 2.45) is 0 Å². The summed E-state index contributed by atoms with van der Waals surface area (Å²) >= 11 is 0. The number of aryl methyl sites for hydroxylation is 1. The highest BCUT2D eigenvalue weighted by Gasteiger charge is 2.05. The zero-order valence-corrected chi connectivity index (χ0v) is 8.44. The molecule has 1 aromatic heterocycles. The third-order valence-electron chi connectivity index (χ3n) is 2.38. The summed E-state index contributed by atoms with van der Waals surface area (Å²) in [6.45, 7) is 2.03. The first-order chi connectivity index (χ1) is 7.33. The van der Waals surface area contributed by atoms with Crippen molar-refractivity contribution in [1.82, 2.24) is 4.98 Å². The summed E-state index contributed by atoms with van der Waals surface area (Å²) in [5, 5.41) is 8.99. The molecule has 2 rings (SSSR count). The molecule has 0 radical (unpaired) electrons. The van der Waals surface area contributed by atoms with Gasteiger partial charge in [0.25, 0.3) is 0 Å². The Bertz CT molecular complexity index is 524. The highest BCUT2D eigenvalue weighted by Crippen LogP contribution is 2.24. The molecule has 0 aliphatic heterocycles. The summed E-state index contributed by atoms with van der Waals surface area (Å²) in [7, 11) is 0. The van der Waals surface area contributed by atoms with E-state index in [1.165, 1.54) is 0 Å². The minimum Gasteiger partial charge on any atom is -0.264 e. The second kappa shape index (κ2) is 3.93. The van der Waals surface area contributed by atoms with E-state index in [1.54, 1.807) is 18.5 Å². The molecule has 0 N–H and O–H groups in total. The molecule has 0 bridgehead atoms. The van der Waals surface area contributed by atoms with Crippen LogP contribution in [0.4, 0.5) is 0 Å². The summed E-state index contributed by atoms with van der Waals surface area (Å²) in [5.41, 5.74) is 3.79. The van der Waals surface area contributed by atoms with Gasteiger partial charge in [-0.2, -0.15) is 5.26 Å². The normalized spacial score (nSPS) is 9.60. The molecule has 0 aliphatic rings. The van der Waals surface area contributed by atoms with Crippen LogP contribution >= 0.6 is 0 Å². The van der Waals surface area contributed by atoms with Crippen LogP contribution in [0.3, 0.4) is 0 Å². The Kier molecular flexibility index (Phi) is 2.47. The van der Waals surface area contributed by atoms with Gasteiger partial charge in [0.2, 0.25) is 0 Å². The van der Waals surface area contributed by atoms with Gasteiger partial charge in [-0.25, -0.2) is 0 Å². The molecule has 1 heterocycles. The highest BCUT2D eigenvalue weighted by molar-refractivity contribution is 5.72. The number of aromatic nitrogens is 1. The molecule has 2 aromatic rings. The van der Waals surface area contributed by atoms with Gasteiger partial charge in [0.1, 0.15) is 0 Å². The SMILES string of the molecule is Cc1ccccc1-c1cnccc1C#N. The largest absolute Gasteiger partial charge is 0.264 e. The number of nitriles is 1. The minimum atomic E-state index is 0.666. The van der Waals surface area contributed by atoms with Crippen LogP contribution in [0.25, 0.3) is 11.1 Å². The van der Waals surface area contributed by atoms with Crippen LogP contribution in [0.5, 0.6) is 0 Å². The van der Waals surface area contributed by atoms with Crippen LogP contribution in [0, 0.1) is 18.3 Å². The van der Waals surface area contributed by atoms with Crippen molar-refractivity contribution in [3.05, 3.63) is 53.9 Å². The van der Waals surface area contributed by atoms with Crippen molar-refractivity contribution >= 4 is 0 Å². The number of hydrogen-bond donors (Lipinski definition) is 0. The molecule has 0 saturated carbocycles. The van der Waals surface area contributed by atoms with Gasteiger partial charge >= 0.3 is 0 Å². The zero-order chi connectivity index (χ0) is 10.7. The van der Waals surface area contributed by atoms with Crippen molar-refractivity contribution in [2.45, 2.75) is 6.92 Å². The van der Waals surface area contributed by atoms with Gasteiger partial charge in [-0.15, -0.1) is 0 Å². The lowest BCUT2D eigenvalue weighted by Gasteiger charge is -2.06. The lowest BCUT2D eigenvalue weighted by Crippen LogP contribution is -1.88. The maximum Gasteiger partial charge on any atom is 0.0999 e. The molecule has 1 aromatic carbocycles. The van der Waals surface area contributed by atoms with E-state index < -0.39 is 0 Å². The van der Waals surface area contributed by atoms with E-state index in [9.17, 15) is 0 Å². The topological polar surface area (TPSA) is 36.7 Å². The van der Waals surface area contributed by atoms with Crippen LogP contribution in [-0.4, -0.2) is 4.98 Å². The number of nitrogens with zero attached hydrogens (tertiary/aromatic N) is 2. The number of pyridine rings is 1. The second-order valence-electron chi connectivity index (χ2n) is 3.35. The van der Waals surface area contributed by atoms with E-state index in [1.807, 2.05) is 31.2 Å². The van der Waals surface area contributed by atoms with Crippen LogP contribution in [-0.2, 0) is 0 Å². The van der Waals surface area contributed by atoms with E-state index in [0.29, 0.717) is 5.56 Å². The Balaban J connectivity index is 2.65. The number of benzene rings is 1. The molecule has 0 aliphatic carbocycles. The summed E-state index contributed by atoms with van der Waals surface area (Å²) in [6.07, 6.45) is 3.38. The second-order valence-corrected chi connectivity index (χ2v) is 3.35. The van der Waals surface area contributed by atoms with E-state index in [-0.39, 0.29) is 0 Å². The first-order valence-electron chi connectivity index (χ1n) is 4.73. The van der Waals surface area contributed by atoms with E-state index in [2.05, 4.69) is 11.1 Å². The molecule has 0 fully saturated rings. The summed E-state index contributed by atoms with van der Waals surface area (Å²) in [6, 6.07) is 11.9. The molecule has 0 amide bonds. The van der Waals surface area contributed by atoms with Crippen molar-refractivity contribution in [3.63, 3.8) is 0 Å². The quantitative estimate of drug-likeness (QED) is 0.699. The fourth-order valence-corrected chi connectivity index (χ4v) is 1.58. The Morgan fingerprint density at radius 2 is 1.93 bits per heavy atom. The Morgan fingerprint density at radius 1 is 1.13 bits per heavy atom. The van der Waals surface area contributed by atoms with Gasteiger partial charge in [0.15, 0.2) is 0 Å². The van der Waals surface area contributed by atoms with Crippen molar-refractivity contribution in [3.8, 4) is 17.2 Å². The van der Waals surface area contributed by atoms with Gasteiger partial charge in [-0.3, -0.25) is 4.98 Å². The van der Waals surface area contributed by atoms with Crippen LogP contribution in [0.2, 0.25) is 0 Å². The standard InChI is InChI=1S/C13H10N2/c1-10-4-2-3-5-12(10)13-9-15-7-6-11(13)8-14/h2-7,9H,1H3. The first-order valence-corrected chi connectivity index (χ1v) is 4.73. The van der Waals surface area contributed by atoms with E-state index >= 15 is 0 Å². The molecule has 0 saturated heterocycles. The third-order valence-corrected chi connectivity index (χ3v) is 2.38. The van der Waals surface area contributed by atoms with Gasteiger partial charge in [-0.1, -0.05) is 24.3 Å². The zero-order valence-electron chi connectivity index (χ0n) is 8.44. The molecule has 15 heavy (non-hydrogen) atoms. The van der Waals surface area contributed by atoms with E-state index in [0.717, 1.165) is 16.7 Å². The summed E-state index contributed by atoms with van der Waals surface area (Å²) in [4.78, 5) is 4.06.